The second kappa shape index (κ2) is 10.3. The molecule has 160 valence electrons. The summed E-state index contributed by atoms with van der Waals surface area (Å²) in [5.74, 6) is 0.866. The van der Waals surface area contributed by atoms with E-state index in [0.29, 0.717) is 28.6 Å². The van der Waals surface area contributed by atoms with Crippen molar-refractivity contribution in [3.8, 4) is 0 Å². The largest absolute Gasteiger partial charge is 0.332 e. The molecule has 31 heavy (non-hydrogen) atoms. The summed E-state index contributed by atoms with van der Waals surface area (Å²) in [6.45, 7) is 8.31. The van der Waals surface area contributed by atoms with Crippen LogP contribution in [0.15, 0.2) is 53.5 Å². The fourth-order valence-corrected chi connectivity index (χ4v) is 3.34. The number of thiocarbonyl (C=S) groups is 1. The number of aryl methyl sites for hydroxylation is 3. The summed E-state index contributed by atoms with van der Waals surface area (Å²) in [5.41, 5.74) is 5.87. The Kier molecular flexibility index (Phi) is 7.55. The average Bonchev–Trinajstić information content (AvgIpc) is 2.70. The first kappa shape index (κ1) is 22.7. The number of aliphatic imine (C=N–C) groups is 1. The van der Waals surface area contributed by atoms with E-state index in [4.69, 9.17) is 23.8 Å². The van der Waals surface area contributed by atoms with Crippen LogP contribution in [-0.2, 0) is 6.54 Å². The summed E-state index contributed by atoms with van der Waals surface area (Å²) in [6, 6.07) is 15.5. The fraction of sp³-hybridized carbons (Fsp3) is 0.217. The first-order valence-electron chi connectivity index (χ1n) is 9.83. The molecule has 0 spiro atoms. The van der Waals surface area contributed by atoms with E-state index >= 15 is 0 Å². The molecule has 6 nitrogen and oxygen atoms in total. The third-order valence-corrected chi connectivity index (χ3v) is 5.24. The molecular weight excluding hydrogens is 428 g/mol. The van der Waals surface area contributed by atoms with Gasteiger partial charge in [-0.25, -0.2) is 15.0 Å². The lowest BCUT2D eigenvalue weighted by Crippen LogP contribution is -2.39. The number of anilines is 2. The van der Waals surface area contributed by atoms with E-state index in [-0.39, 0.29) is 0 Å². The normalized spacial score (nSPS) is 11.2. The number of rotatable bonds is 4. The van der Waals surface area contributed by atoms with Gasteiger partial charge in [-0.3, -0.25) is 5.32 Å². The van der Waals surface area contributed by atoms with Gasteiger partial charge in [0.05, 0.1) is 6.54 Å². The van der Waals surface area contributed by atoms with Crippen molar-refractivity contribution in [3.63, 3.8) is 0 Å². The van der Waals surface area contributed by atoms with Crippen LogP contribution in [0.3, 0.4) is 0 Å². The number of nitrogens with zero attached hydrogens (tertiary/aromatic N) is 3. The van der Waals surface area contributed by atoms with Gasteiger partial charge in [0.25, 0.3) is 0 Å². The Morgan fingerprint density at radius 1 is 0.968 bits per heavy atom. The van der Waals surface area contributed by atoms with E-state index in [1.54, 1.807) is 0 Å². The smallest absolute Gasteiger partial charge is 0.229 e. The average molecular weight is 453 g/mol. The number of nitrogens with one attached hydrogen (secondary N) is 3. The van der Waals surface area contributed by atoms with Crippen molar-refractivity contribution in [2.75, 3.05) is 10.6 Å². The maximum absolute atomic E-state index is 6.28. The lowest BCUT2D eigenvalue weighted by Gasteiger charge is -2.16. The molecule has 0 radical (unpaired) electrons. The molecule has 0 aliphatic carbocycles. The number of halogens is 1. The van der Waals surface area contributed by atoms with Gasteiger partial charge in [0, 0.05) is 22.1 Å². The van der Waals surface area contributed by atoms with Crippen LogP contribution >= 0.6 is 23.8 Å². The molecule has 0 aliphatic rings. The Balaban J connectivity index is 1.82. The summed E-state index contributed by atoms with van der Waals surface area (Å²) in [7, 11) is 0. The van der Waals surface area contributed by atoms with Crippen LogP contribution in [0, 0.1) is 27.7 Å². The van der Waals surface area contributed by atoms with Crippen molar-refractivity contribution in [1.29, 1.82) is 0 Å². The summed E-state index contributed by atoms with van der Waals surface area (Å²) < 4.78 is 0. The molecule has 1 heterocycles. The van der Waals surface area contributed by atoms with E-state index < -0.39 is 0 Å². The minimum absolute atomic E-state index is 0.367. The molecule has 0 atom stereocenters. The van der Waals surface area contributed by atoms with Gasteiger partial charge >= 0.3 is 0 Å². The predicted octanol–water partition coefficient (Wildman–Crippen LogP) is 5.32. The second-order valence-electron chi connectivity index (χ2n) is 7.18. The highest BCUT2D eigenvalue weighted by Crippen LogP contribution is 2.18. The van der Waals surface area contributed by atoms with Crippen LogP contribution in [0.25, 0.3) is 0 Å². The lowest BCUT2D eigenvalue weighted by atomic mass is 10.1. The van der Waals surface area contributed by atoms with Crippen molar-refractivity contribution >= 4 is 46.5 Å². The van der Waals surface area contributed by atoms with Crippen LogP contribution in [0.5, 0.6) is 0 Å². The molecule has 2 aromatic carbocycles. The van der Waals surface area contributed by atoms with Gasteiger partial charge in [-0.1, -0.05) is 41.9 Å². The molecule has 1 aromatic heterocycles. The summed E-state index contributed by atoms with van der Waals surface area (Å²) >= 11 is 11.8. The zero-order chi connectivity index (χ0) is 22.4. The standard InChI is InChI=1S/C23H25ClN6S/c1-14-8-7-11-20(17(14)4)28-23(31)30-21(25-13-18-9-5-6-10-19(18)24)29-22-26-15(2)12-16(3)27-22/h5-12H,13H2,1-4H3,(H3,25,26,27,28,29,30,31). The quantitative estimate of drug-likeness (QED) is 0.282. The molecule has 0 saturated heterocycles. The Morgan fingerprint density at radius 2 is 1.68 bits per heavy atom. The molecule has 0 bridgehead atoms. The number of guanidine groups is 1. The van der Waals surface area contributed by atoms with Crippen molar-refractivity contribution in [3.05, 3.63) is 81.6 Å². The molecule has 0 saturated carbocycles. The number of benzene rings is 2. The lowest BCUT2D eigenvalue weighted by molar-refractivity contribution is 1.03. The molecule has 8 heteroatoms. The van der Waals surface area contributed by atoms with Crippen LogP contribution in [0.1, 0.15) is 28.1 Å². The maximum atomic E-state index is 6.28. The first-order chi connectivity index (χ1) is 14.8. The summed E-state index contributed by atoms with van der Waals surface area (Å²) in [4.78, 5) is 13.5. The predicted molar refractivity (Wildman–Crippen MR) is 133 cm³/mol. The van der Waals surface area contributed by atoms with Crippen molar-refractivity contribution in [1.82, 2.24) is 15.3 Å². The van der Waals surface area contributed by atoms with E-state index in [2.05, 4.69) is 43.9 Å². The van der Waals surface area contributed by atoms with Crippen LogP contribution in [0.4, 0.5) is 11.6 Å². The van der Waals surface area contributed by atoms with Gasteiger partial charge in [0.15, 0.2) is 5.11 Å². The van der Waals surface area contributed by atoms with Crippen LogP contribution in [-0.4, -0.2) is 21.0 Å². The number of hydrogen-bond donors (Lipinski definition) is 3. The number of aromatic nitrogens is 2. The van der Waals surface area contributed by atoms with Gasteiger partial charge < -0.3 is 10.6 Å². The molecular formula is C23H25ClN6S. The Labute approximate surface area is 193 Å². The van der Waals surface area contributed by atoms with E-state index in [0.717, 1.165) is 28.2 Å². The summed E-state index contributed by atoms with van der Waals surface area (Å²) in [5, 5.41) is 10.6. The van der Waals surface area contributed by atoms with E-state index in [1.807, 2.05) is 63.2 Å². The van der Waals surface area contributed by atoms with Crippen molar-refractivity contribution < 1.29 is 0 Å². The van der Waals surface area contributed by atoms with E-state index in [1.165, 1.54) is 5.56 Å². The van der Waals surface area contributed by atoms with Crippen molar-refractivity contribution in [2.24, 2.45) is 4.99 Å². The summed E-state index contributed by atoms with van der Waals surface area (Å²) in [6.07, 6.45) is 0. The highest BCUT2D eigenvalue weighted by Gasteiger charge is 2.09. The molecule has 0 amide bonds. The molecule has 3 N–H and O–H groups in total. The SMILES string of the molecule is Cc1cc(C)nc(NC(=NCc2ccccc2Cl)NC(=S)Nc2cccc(C)c2C)n1. The van der Waals surface area contributed by atoms with E-state index in [9.17, 15) is 0 Å². The molecule has 3 rings (SSSR count). The Hall–Kier alpha value is -3.03. The molecule has 0 unspecified atom stereocenters. The van der Waals surface area contributed by atoms with Crippen molar-refractivity contribution in [2.45, 2.75) is 34.2 Å². The van der Waals surface area contributed by atoms with Gasteiger partial charge in [-0.2, -0.15) is 0 Å². The topological polar surface area (TPSA) is 74.2 Å². The first-order valence-corrected chi connectivity index (χ1v) is 10.6. The highest BCUT2D eigenvalue weighted by atomic mass is 35.5. The van der Waals surface area contributed by atoms with Gasteiger partial charge in [-0.05, 0) is 74.8 Å². The minimum atomic E-state index is 0.367. The van der Waals surface area contributed by atoms with Gasteiger partial charge in [0.2, 0.25) is 11.9 Å². The Bertz CT molecular complexity index is 1110. The van der Waals surface area contributed by atoms with Crippen LogP contribution < -0.4 is 16.0 Å². The maximum Gasteiger partial charge on any atom is 0.229 e. The molecule has 3 aromatic rings. The zero-order valence-electron chi connectivity index (χ0n) is 18.0. The third-order valence-electron chi connectivity index (χ3n) is 4.66. The fourth-order valence-electron chi connectivity index (χ4n) is 2.94. The molecule has 0 aliphatic heterocycles. The highest BCUT2D eigenvalue weighted by molar-refractivity contribution is 7.80. The second-order valence-corrected chi connectivity index (χ2v) is 8.00. The van der Waals surface area contributed by atoms with Gasteiger partial charge in [-0.15, -0.1) is 0 Å². The minimum Gasteiger partial charge on any atom is -0.332 e. The molecule has 0 fully saturated rings. The van der Waals surface area contributed by atoms with Crippen LogP contribution in [0.2, 0.25) is 5.02 Å². The Morgan fingerprint density at radius 3 is 2.39 bits per heavy atom. The van der Waals surface area contributed by atoms with Gasteiger partial charge in [0.1, 0.15) is 0 Å². The zero-order valence-corrected chi connectivity index (χ0v) is 19.5. The number of hydrogen-bond acceptors (Lipinski definition) is 4. The third kappa shape index (κ3) is 6.47. The monoisotopic (exact) mass is 452 g/mol.